The third kappa shape index (κ3) is 3.67. The Bertz CT molecular complexity index is 281. The maximum atomic E-state index is 9.11. The molecule has 0 aromatic carbocycles. The number of hydrogen-bond acceptors (Lipinski definition) is 2. The van der Waals surface area contributed by atoms with Gasteiger partial charge in [-0.25, -0.2) is 4.98 Å². The van der Waals surface area contributed by atoms with E-state index >= 15 is 0 Å². The first kappa shape index (κ1) is 12.2. The van der Waals surface area contributed by atoms with Crippen LogP contribution in [0.25, 0.3) is 0 Å². The second-order valence-electron chi connectivity index (χ2n) is 4.62. The van der Waals surface area contributed by atoms with E-state index in [0.29, 0.717) is 6.04 Å². The van der Waals surface area contributed by atoms with Crippen molar-refractivity contribution < 1.29 is 5.11 Å². The van der Waals surface area contributed by atoms with Gasteiger partial charge in [0.1, 0.15) is 0 Å². The van der Waals surface area contributed by atoms with Crippen LogP contribution in [0.15, 0.2) is 12.5 Å². The first-order chi connectivity index (χ1) is 7.15. The molecule has 1 aromatic heterocycles. The Morgan fingerprint density at radius 3 is 2.67 bits per heavy atom. The van der Waals surface area contributed by atoms with Crippen molar-refractivity contribution in [2.75, 3.05) is 0 Å². The summed E-state index contributed by atoms with van der Waals surface area (Å²) in [4.78, 5) is 4.06. The van der Waals surface area contributed by atoms with Gasteiger partial charge < -0.3 is 9.67 Å². The van der Waals surface area contributed by atoms with E-state index < -0.39 is 0 Å². The summed E-state index contributed by atoms with van der Waals surface area (Å²) in [6, 6.07) is 0.438. The fourth-order valence-corrected chi connectivity index (χ4v) is 1.81. The van der Waals surface area contributed by atoms with Gasteiger partial charge in [0.25, 0.3) is 0 Å². The minimum Gasteiger partial charge on any atom is -0.390 e. The summed E-state index contributed by atoms with van der Waals surface area (Å²) in [6.07, 6.45) is 7.21. The molecular weight excluding hydrogens is 188 g/mol. The lowest BCUT2D eigenvalue weighted by Crippen LogP contribution is -2.08. The first-order valence-corrected chi connectivity index (χ1v) is 5.76. The van der Waals surface area contributed by atoms with Crippen LogP contribution in [0.2, 0.25) is 0 Å². The number of rotatable bonds is 6. The molecule has 0 amide bonds. The molecule has 1 heterocycles. The van der Waals surface area contributed by atoms with Crippen LogP contribution in [0, 0.1) is 5.92 Å². The lowest BCUT2D eigenvalue weighted by Gasteiger charge is -2.16. The number of aliphatic hydroxyl groups is 1. The lowest BCUT2D eigenvalue weighted by atomic mass is 10.0. The Balaban J connectivity index is 2.43. The van der Waals surface area contributed by atoms with E-state index in [-0.39, 0.29) is 6.61 Å². The second-order valence-corrected chi connectivity index (χ2v) is 4.62. The highest BCUT2D eigenvalue weighted by atomic mass is 16.3. The molecule has 0 aliphatic rings. The zero-order chi connectivity index (χ0) is 11.3. The third-order valence-corrected chi connectivity index (χ3v) is 2.79. The van der Waals surface area contributed by atoms with Gasteiger partial charge in [-0.15, -0.1) is 0 Å². The van der Waals surface area contributed by atoms with E-state index in [2.05, 4.69) is 30.3 Å². The minimum atomic E-state index is 0.0779. The van der Waals surface area contributed by atoms with Crippen molar-refractivity contribution in [3.8, 4) is 0 Å². The summed E-state index contributed by atoms with van der Waals surface area (Å²) in [6.45, 7) is 6.76. The Morgan fingerprint density at radius 1 is 1.33 bits per heavy atom. The number of imidazole rings is 1. The molecular formula is C12H22N2O. The molecule has 0 saturated carbocycles. The molecule has 1 aromatic rings. The van der Waals surface area contributed by atoms with Gasteiger partial charge in [0, 0.05) is 6.04 Å². The van der Waals surface area contributed by atoms with Crippen molar-refractivity contribution in [2.45, 2.75) is 52.7 Å². The molecule has 1 unspecified atom stereocenters. The van der Waals surface area contributed by atoms with Crippen molar-refractivity contribution in [2.24, 2.45) is 5.92 Å². The van der Waals surface area contributed by atoms with E-state index in [4.69, 9.17) is 5.11 Å². The predicted octanol–water partition coefficient (Wildman–Crippen LogP) is 2.76. The summed E-state index contributed by atoms with van der Waals surface area (Å²) in [5.41, 5.74) is 0.909. The smallest absolute Gasteiger partial charge is 0.0951 e. The van der Waals surface area contributed by atoms with Crippen molar-refractivity contribution in [3.63, 3.8) is 0 Å². The molecule has 3 heteroatoms. The summed E-state index contributed by atoms with van der Waals surface area (Å²) in [5.74, 6) is 0.775. The highest BCUT2D eigenvalue weighted by Crippen LogP contribution is 2.18. The highest BCUT2D eigenvalue weighted by Gasteiger charge is 2.08. The third-order valence-electron chi connectivity index (χ3n) is 2.79. The molecule has 3 nitrogen and oxygen atoms in total. The molecule has 0 aliphatic carbocycles. The van der Waals surface area contributed by atoms with Gasteiger partial charge in [0.15, 0.2) is 0 Å². The van der Waals surface area contributed by atoms with E-state index in [1.807, 2.05) is 6.33 Å². The van der Waals surface area contributed by atoms with Gasteiger partial charge in [0.2, 0.25) is 0 Å². The summed E-state index contributed by atoms with van der Waals surface area (Å²) in [5, 5.41) is 9.11. The molecule has 1 rings (SSSR count). The number of nitrogens with zero attached hydrogens (tertiary/aromatic N) is 2. The van der Waals surface area contributed by atoms with Crippen LogP contribution < -0.4 is 0 Å². The Morgan fingerprint density at radius 2 is 2.07 bits per heavy atom. The molecule has 86 valence electrons. The molecule has 0 fully saturated rings. The van der Waals surface area contributed by atoms with Gasteiger partial charge in [-0.05, 0) is 19.3 Å². The van der Waals surface area contributed by atoms with Gasteiger partial charge in [0.05, 0.1) is 24.8 Å². The maximum absolute atomic E-state index is 9.11. The zero-order valence-electron chi connectivity index (χ0n) is 9.98. The van der Waals surface area contributed by atoms with Gasteiger partial charge in [-0.2, -0.15) is 0 Å². The normalized spacial score (nSPS) is 13.4. The highest BCUT2D eigenvalue weighted by molar-refractivity contribution is 4.97. The Hall–Kier alpha value is -0.830. The van der Waals surface area contributed by atoms with E-state index in [0.717, 1.165) is 18.0 Å². The maximum Gasteiger partial charge on any atom is 0.0951 e. The van der Waals surface area contributed by atoms with Gasteiger partial charge >= 0.3 is 0 Å². The van der Waals surface area contributed by atoms with Crippen LogP contribution in [-0.4, -0.2) is 14.7 Å². The lowest BCUT2D eigenvalue weighted by molar-refractivity contribution is 0.265. The van der Waals surface area contributed by atoms with Crippen molar-refractivity contribution in [3.05, 3.63) is 18.2 Å². The van der Waals surface area contributed by atoms with E-state index in [1.54, 1.807) is 6.20 Å². The molecule has 0 radical (unpaired) electrons. The van der Waals surface area contributed by atoms with Gasteiger partial charge in [-0.1, -0.05) is 26.7 Å². The molecule has 0 bridgehead atoms. The molecule has 0 saturated heterocycles. The fourth-order valence-electron chi connectivity index (χ4n) is 1.81. The van der Waals surface area contributed by atoms with Crippen LogP contribution in [0.3, 0.4) is 0 Å². The molecule has 15 heavy (non-hydrogen) atoms. The quantitative estimate of drug-likeness (QED) is 0.784. The molecule has 1 N–H and O–H groups in total. The van der Waals surface area contributed by atoms with Crippen molar-refractivity contribution in [1.82, 2.24) is 9.55 Å². The fraction of sp³-hybridized carbons (Fsp3) is 0.750. The van der Waals surface area contributed by atoms with E-state index in [9.17, 15) is 0 Å². The zero-order valence-corrected chi connectivity index (χ0v) is 9.98. The second kappa shape index (κ2) is 5.91. The summed E-state index contributed by atoms with van der Waals surface area (Å²) >= 11 is 0. The topological polar surface area (TPSA) is 38.0 Å². The van der Waals surface area contributed by atoms with Crippen molar-refractivity contribution in [1.29, 1.82) is 0 Å². The SMILES string of the molecule is CC(C)CCCC(C)n1cncc1CO. The van der Waals surface area contributed by atoms with Crippen LogP contribution in [0.4, 0.5) is 0 Å². The monoisotopic (exact) mass is 210 g/mol. The average Bonchev–Trinajstić information content (AvgIpc) is 2.64. The number of aromatic nitrogens is 2. The Kier molecular flexibility index (Phi) is 4.82. The number of hydrogen-bond donors (Lipinski definition) is 1. The number of aliphatic hydroxyl groups excluding tert-OH is 1. The summed E-state index contributed by atoms with van der Waals surface area (Å²) in [7, 11) is 0. The van der Waals surface area contributed by atoms with Crippen LogP contribution in [-0.2, 0) is 6.61 Å². The van der Waals surface area contributed by atoms with Crippen molar-refractivity contribution >= 4 is 0 Å². The average molecular weight is 210 g/mol. The van der Waals surface area contributed by atoms with Crippen LogP contribution in [0.1, 0.15) is 51.8 Å². The van der Waals surface area contributed by atoms with Crippen LogP contribution in [0.5, 0.6) is 0 Å². The van der Waals surface area contributed by atoms with Gasteiger partial charge in [-0.3, -0.25) is 0 Å². The largest absolute Gasteiger partial charge is 0.390 e. The summed E-state index contributed by atoms with van der Waals surface area (Å²) < 4.78 is 2.07. The first-order valence-electron chi connectivity index (χ1n) is 5.76. The van der Waals surface area contributed by atoms with Crippen LogP contribution >= 0.6 is 0 Å². The van der Waals surface area contributed by atoms with E-state index in [1.165, 1.54) is 12.8 Å². The Labute approximate surface area is 92.1 Å². The molecule has 0 aliphatic heterocycles. The standard InChI is InChI=1S/C12H22N2O/c1-10(2)5-4-6-11(3)14-9-13-7-12(14)8-15/h7,9-11,15H,4-6,8H2,1-3H3. The molecule has 0 spiro atoms. The minimum absolute atomic E-state index is 0.0779. The molecule has 1 atom stereocenters. The predicted molar refractivity (Wildman–Crippen MR) is 61.5 cm³/mol.